The van der Waals surface area contributed by atoms with Crippen LogP contribution < -0.4 is 4.90 Å². The molecule has 4 nitrogen and oxygen atoms in total. The molecule has 0 bridgehead atoms. The summed E-state index contributed by atoms with van der Waals surface area (Å²) in [5.41, 5.74) is 1.26. The highest BCUT2D eigenvalue weighted by Gasteiger charge is 2.39. The van der Waals surface area contributed by atoms with Crippen LogP contribution in [0.1, 0.15) is 30.3 Å². The summed E-state index contributed by atoms with van der Waals surface area (Å²) in [6.45, 7) is 3.76. The van der Waals surface area contributed by atoms with Gasteiger partial charge in [-0.2, -0.15) is 4.37 Å². The second kappa shape index (κ2) is 5.39. The van der Waals surface area contributed by atoms with Crippen LogP contribution in [-0.4, -0.2) is 28.6 Å². The van der Waals surface area contributed by atoms with Gasteiger partial charge in [0.25, 0.3) is 0 Å². The van der Waals surface area contributed by atoms with E-state index < -0.39 is 0 Å². The highest BCUT2D eigenvalue weighted by atomic mass is 32.1. The Morgan fingerprint density at radius 1 is 1.19 bits per heavy atom. The molecular weight excluding hydrogens is 282 g/mol. The van der Waals surface area contributed by atoms with E-state index in [1.54, 1.807) is 0 Å². The molecule has 21 heavy (non-hydrogen) atoms. The molecule has 1 aliphatic carbocycles. The fourth-order valence-electron chi connectivity index (χ4n) is 2.94. The number of anilines is 1. The maximum absolute atomic E-state index is 6.37. The minimum absolute atomic E-state index is 0.134. The predicted molar refractivity (Wildman–Crippen MR) is 83.6 cm³/mol. The van der Waals surface area contributed by atoms with E-state index in [-0.39, 0.29) is 6.10 Å². The zero-order valence-electron chi connectivity index (χ0n) is 12.1. The van der Waals surface area contributed by atoms with Gasteiger partial charge in [0.1, 0.15) is 11.9 Å². The van der Waals surface area contributed by atoms with Crippen molar-refractivity contribution in [3.63, 3.8) is 0 Å². The zero-order valence-corrected chi connectivity index (χ0v) is 12.9. The fraction of sp³-hybridized carbons (Fsp3) is 0.500. The van der Waals surface area contributed by atoms with E-state index >= 15 is 0 Å². The number of aromatic nitrogens is 2. The molecule has 1 aliphatic heterocycles. The van der Waals surface area contributed by atoms with Crippen LogP contribution in [0.2, 0.25) is 0 Å². The molecule has 2 heterocycles. The van der Waals surface area contributed by atoms with Gasteiger partial charge in [-0.1, -0.05) is 30.3 Å². The number of morpholine rings is 1. The molecule has 2 aromatic rings. The zero-order chi connectivity index (χ0) is 14.2. The Morgan fingerprint density at radius 3 is 2.67 bits per heavy atom. The molecule has 0 spiro atoms. The largest absolute Gasteiger partial charge is 0.366 e. The number of hydrogen-bond acceptors (Lipinski definition) is 5. The molecule has 0 amide bonds. The Bertz CT molecular complexity index is 611. The Kier molecular flexibility index (Phi) is 3.39. The molecule has 2 atom stereocenters. The van der Waals surface area contributed by atoms with Gasteiger partial charge in [0.15, 0.2) is 0 Å². The number of ether oxygens (including phenoxy) is 1. The first-order valence-corrected chi connectivity index (χ1v) is 8.32. The number of nitrogens with zero attached hydrogens (tertiary/aromatic N) is 3. The molecule has 1 saturated heterocycles. The van der Waals surface area contributed by atoms with Crippen molar-refractivity contribution in [3.05, 3.63) is 41.7 Å². The third kappa shape index (κ3) is 2.80. The molecule has 0 unspecified atom stereocenters. The van der Waals surface area contributed by atoms with E-state index in [0.717, 1.165) is 30.0 Å². The molecule has 0 radical (unpaired) electrons. The SMILES string of the molecule is Cc1nsc(N2C[C@@H](c3ccccc3)O[C@@H](C3CC3)C2)n1. The van der Waals surface area contributed by atoms with Crippen molar-refractivity contribution in [3.8, 4) is 0 Å². The average molecular weight is 301 g/mol. The lowest BCUT2D eigenvalue weighted by Crippen LogP contribution is -2.45. The summed E-state index contributed by atoms with van der Waals surface area (Å²) in [6, 6.07) is 10.5. The highest BCUT2D eigenvalue weighted by molar-refractivity contribution is 7.09. The average Bonchev–Trinajstić information content (AvgIpc) is 3.29. The molecule has 2 aliphatic rings. The molecule has 1 saturated carbocycles. The van der Waals surface area contributed by atoms with E-state index in [0.29, 0.717) is 6.10 Å². The molecular formula is C16H19N3OS. The summed E-state index contributed by atoms with van der Waals surface area (Å²) >= 11 is 1.50. The fourth-order valence-corrected chi connectivity index (χ4v) is 3.63. The maximum atomic E-state index is 6.37. The van der Waals surface area contributed by atoms with Crippen LogP contribution >= 0.6 is 11.5 Å². The third-order valence-corrected chi connectivity index (χ3v) is 5.10. The topological polar surface area (TPSA) is 38.2 Å². The van der Waals surface area contributed by atoms with Gasteiger partial charge in [-0.25, -0.2) is 4.98 Å². The first-order valence-electron chi connectivity index (χ1n) is 7.55. The van der Waals surface area contributed by atoms with Crippen molar-refractivity contribution >= 4 is 16.7 Å². The van der Waals surface area contributed by atoms with Crippen LogP contribution in [0.4, 0.5) is 5.13 Å². The van der Waals surface area contributed by atoms with Gasteiger partial charge < -0.3 is 9.64 Å². The van der Waals surface area contributed by atoms with E-state index in [4.69, 9.17) is 4.74 Å². The van der Waals surface area contributed by atoms with Crippen molar-refractivity contribution in [2.75, 3.05) is 18.0 Å². The summed E-state index contributed by atoms with van der Waals surface area (Å²) in [5.74, 6) is 1.59. The quantitative estimate of drug-likeness (QED) is 0.872. The minimum Gasteiger partial charge on any atom is -0.366 e. The van der Waals surface area contributed by atoms with E-state index in [1.165, 1.54) is 29.9 Å². The van der Waals surface area contributed by atoms with Crippen LogP contribution in [0.25, 0.3) is 0 Å². The lowest BCUT2D eigenvalue weighted by atomic mass is 10.1. The highest BCUT2D eigenvalue weighted by Crippen LogP contribution is 2.40. The number of rotatable bonds is 3. The maximum Gasteiger partial charge on any atom is 0.205 e. The van der Waals surface area contributed by atoms with Crippen molar-refractivity contribution in [1.82, 2.24) is 9.36 Å². The van der Waals surface area contributed by atoms with E-state index in [1.807, 2.05) is 6.92 Å². The van der Waals surface area contributed by atoms with Crippen molar-refractivity contribution in [1.29, 1.82) is 0 Å². The van der Waals surface area contributed by atoms with Crippen LogP contribution in [0.3, 0.4) is 0 Å². The minimum atomic E-state index is 0.134. The Balaban J connectivity index is 1.59. The van der Waals surface area contributed by atoms with Crippen LogP contribution in [-0.2, 0) is 4.74 Å². The van der Waals surface area contributed by atoms with Gasteiger partial charge in [-0.05, 0) is 31.2 Å². The number of aryl methyl sites for hydroxylation is 1. The monoisotopic (exact) mass is 301 g/mol. The molecule has 5 heteroatoms. The predicted octanol–water partition coefficient (Wildman–Crippen LogP) is 3.20. The molecule has 4 rings (SSSR count). The Labute approximate surface area is 128 Å². The summed E-state index contributed by atoms with van der Waals surface area (Å²) in [6.07, 6.45) is 3.06. The summed E-state index contributed by atoms with van der Waals surface area (Å²) in [4.78, 5) is 6.91. The van der Waals surface area contributed by atoms with Gasteiger partial charge in [0.05, 0.1) is 12.6 Å². The second-order valence-electron chi connectivity index (χ2n) is 5.94. The summed E-state index contributed by atoms with van der Waals surface area (Å²) in [5, 5.41) is 1.03. The summed E-state index contributed by atoms with van der Waals surface area (Å²) in [7, 11) is 0. The Morgan fingerprint density at radius 2 is 2.00 bits per heavy atom. The standard InChI is InChI=1S/C16H19N3OS/c1-11-17-16(21-18-11)19-9-14(12-5-3-2-4-6-12)20-15(10-19)13-7-8-13/h2-6,13-15H,7-10H2,1H3/t14-,15+/m0/s1. The first-order chi connectivity index (χ1) is 10.3. The van der Waals surface area contributed by atoms with Crippen LogP contribution in [0.15, 0.2) is 30.3 Å². The van der Waals surface area contributed by atoms with Gasteiger partial charge in [0, 0.05) is 18.1 Å². The Hall–Kier alpha value is -1.46. The van der Waals surface area contributed by atoms with Gasteiger partial charge >= 0.3 is 0 Å². The molecule has 110 valence electrons. The second-order valence-corrected chi connectivity index (χ2v) is 6.67. The van der Waals surface area contributed by atoms with Gasteiger partial charge in [-0.3, -0.25) is 0 Å². The number of hydrogen-bond donors (Lipinski definition) is 0. The third-order valence-electron chi connectivity index (χ3n) is 4.23. The van der Waals surface area contributed by atoms with Crippen molar-refractivity contribution in [2.24, 2.45) is 5.92 Å². The van der Waals surface area contributed by atoms with Gasteiger partial charge in [-0.15, -0.1) is 0 Å². The van der Waals surface area contributed by atoms with Crippen LogP contribution in [0.5, 0.6) is 0 Å². The van der Waals surface area contributed by atoms with Crippen molar-refractivity contribution < 1.29 is 4.74 Å². The van der Waals surface area contributed by atoms with E-state index in [2.05, 4.69) is 44.6 Å². The molecule has 1 aromatic heterocycles. The molecule has 0 N–H and O–H groups in total. The summed E-state index contributed by atoms with van der Waals surface area (Å²) < 4.78 is 10.7. The van der Waals surface area contributed by atoms with Gasteiger partial charge in [0.2, 0.25) is 5.13 Å². The first kappa shape index (κ1) is 13.2. The molecule has 1 aromatic carbocycles. The van der Waals surface area contributed by atoms with Crippen molar-refractivity contribution in [2.45, 2.75) is 32.0 Å². The van der Waals surface area contributed by atoms with E-state index in [9.17, 15) is 0 Å². The lowest BCUT2D eigenvalue weighted by molar-refractivity contribution is -0.0385. The molecule has 2 fully saturated rings. The number of benzene rings is 1. The smallest absolute Gasteiger partial charge is 0.205 e. The lowest BCUT2D eigenvalue weighted by Gasteiger charge is -2.38. The normalized spacial score (nSPS) is 26.0. The van der Waals surface area contributed by atoms with Crippen LogP contribution in [0, 0.1) is 12.8 Å².